The SMILES string of the molecule is CNc1ncccc1C(=O)NC1CCCN(C)C1. The average Bonchev–Trinajstić information content (AvgIpc) is 2.38. The van der Waals surface area contributed by atoms with Gasteiger partial charge in [-0.3, -0.25) is 4.79 Å². The molecule has 5 heteroatoms. The van der Waals surface area contributed by atoms with Crippen LogP contribution in [-0.2, 0) is 0 Å². The first-order valence-electron chi connectivity index (χ1n) is 6.33. The number of amides is 1. The van der Waals surface area contributed by atoms with Gasteiger partial charge < -0.3 is 15.5 Å². The molecule has 1 aromatic heterocycles. The van der Waals surface area contributed by atoms with Gasteiger partial charge in [0, 0.05) is 25.8 Å². The van der Waals surface area contributed by atoms with E-state index in [-0.39, 0.29) is 11.9 Å². The van der Waals surface area contributed by atoms with E-state index in [0.29, 0.717) is 11.4 Å². The Morgan fingerprint density at radius 1 is 1.56 bits per heavy atom. The molecule has 5 nitrogen and oxygen atoms in total. The highest BCUT2D eigenvalue weighted by Crippen LogP contribution is 2.13. The lowest BCUT2D eigenvalue weighted by molar-refractivity contribution is 0.0913. The first-order valence-corrected chi connectivity index (χ1v) is 6.33. The number of likely N-dealkylation sites (N-methyl/N-ethyl adjacent to an activating group) is 1. The summed E-state index contributed by atoms with van der Waals surface area (Å²) in [5.74, 6) is 0.576. The summed E-state index contributed by atoms with van der Waals surface area (Å²) in [7, 11) is 3.86. The Hall–Kier alpha value is -1.62. The summed E-state index contributed by atoms with van der Waals surface area (Å²) in [6.45, 7) is 2.03. The molecule has 0 saturated carbocycles. The Balaban J connectivity index is 2.03. The van der Waals surface area contributed by atoms with Crippen LogP contribution in [0.15, 0.2) is 18.3 Å². The van der Waals surface area contributed by atoms with E-state index in [2.05, 4.69) is 27.6 Å². The molecule has 1 aliphatic heterocycles. The Bertz CT molecular complexity index is 421. The van der Waals surface area contributed by atoms with E-state index in [9.17, 15) is 4.79 Å². The van der Waals surface area contributed by atoms with E-state index in [0.717, 1.165) is 25.9 Å². The van der Waals surface area contributed by atoms with Crippen molar-refractivity contribution in [3.63, 3.8) is 0 Å². The number of likely N-dealkylation sites (tertiary alicyclic amines) is 1. The molecule has 0 aromatic carbocycles. The molecule has 1 fully saturated rings. The second kappa shape index (κ2) is 5.82. The average molecular weight is 248 g/mol. The maximum atomic E-state index is 12.2. The monoisotopic (exact) mass is 248 g/mol. The topological polar surface area (TPSA) is 57.3 Å². The Labute approximate surface area is 108 Å². The number of carbonyl (C=O) groups is 1. The summed E-state index contributed by atoms with van der Waals surface area (Å²) in [6, 6.07) is 3.81. The summed E-state index contributed by atoms with van der Waals surface area (Å²) in [6.07, 6.45) is 3.86. The summed E-state index contributed by atoms with van der Waals surface area (Å²) in [4.78, 5) is 18.6. The van der Waals surface area contributed by atoms with Crippen molar-refractivity contribution < 1.29 is 4.79 Å². The zero-order chi connectivity index (χ0) is 13.0. The van der Waals surface area contributed by atoms with Crippen molar-refractivity contribution in [2.45, 2.75) is 18.9 Å². The van der Waals surface area contributed by atoms with Crippen LogP contribution in [0.4, 0.5) is 5.82 Å². The first kappa shape index (κ1) is 12.8. The van der Waals surface area contributed by atoms with E-state index in [1.54, 1.807) is 25.4 Å². The molecule has 0 bridgehead atoms. The third-order valence-electron chi connectivity index (χ3n) is 3.25. The minimum Gasteiger partial charge on any atom is -0.372 e. The molecule has 2 N–H and O–H groups in total. The molecule has 1 aromatic rings. The quantitative estimate of drug-likeness (QED) is 0.836. The van der Waals surface area contributed by atoms with Crippen LogP contribution < -0.4 is 10.6 Å². The predicted molar refractivity (Wildman–Crippen MR) is 71.8 cm³/mol. The van der Waals surface area contributed by atoms with Crippen LogP contribution in [0.3, 0.4) is 0 Å². The van der Waals surface area contributed by atoms with Crippen LogP contribution in [-0.4, -0.2) is 49.0 Å². The van der Waals surface area contributed by atoms with Gasteiger partial charge in [-0.25, -0.2) is 4.98 Å². The van der Waals surface area contributed by atoms with Crippen molar-refractivity contribution in [1.29, 1.82) is 0 Å². The number of anilines is 1. The summed E-state index contributed by atoms with van der Waals surface area (Å²) >= 11 is 0. The zero-order valence-corrected chi connectivity index (χ0v) is 10.9. The molecule has 1 saturated heterocycles. The second-order valence-corrected chi connectivity index (χ2v) is 4.72. The number of nitrogens with zero attached hydrogens (tertiary/aromatic N) is 2. The van der Waals surface area contributed by atoms with E-state index in [4.69, 9.17) is 0 Å². The Morgan fingerprint density at radius 3 is 3.11 bits per heavy atom. The maximum Gasteiger partial charge on any atom is 0.255 e. The molecule has 0 aliphatic carbocycles. The molecule has 98 valence electrons. The molecule has 0 spiro atoms. The second-order valence-electron chi connectivity index (χ2n) is 4.72. The Kier molecular flexibility index (Phi) is 4.15. The molecule has 1 amide bonds. The van der Waals surface area contributed by atoms with E-state index in [1.807, 2.05) is 0 Å². The number of hydrogen-bond donors (Lipinski definition) is 2. The normalized spacial score (nSPS) is 20.4. The highest BCUT2D eigenvalue weighted by Gasteiger charge is 2.20. The van der Waals surface area contributed by atoms with Gasteiger partial charge in [0.15, 0.2) is 0 Å². The van der Waals surface area contributed by atoms with Crippen molar-refractivity contribution >= 4 is 11.7 Å². The van der Waals surface area contributed by atoms with Crippen LogP contribution in [0.2, 0.25) is 0 Å². The molecule has 1 unspecified atom stereocenters. The number of carbonyl (C=O) groups excluding carboxylic acids is 1. The van der Waals surface area contributed by atoms with Gasteiger partial charge in [-0.15, -0.1) is 0 Å². The van der Waals surface area contributed by atoms with Crippen molar-refractivity contribution in [3.05, 3.63) is 23.9 Å². The predicted octanol–water partition coefficient (Wildman–Crippen LogP) is 0.947. The number of rotatable bonds is 3. The van der Waals surface area contributed by atoms with Gasteiger partial charge in [0.25, 0.3) is 5.91 Å². The number of hydrogen-bond acceptors (Lipinski definition) is 4. The fraction of sp³-hybridized carbons (Fsp3) is 0.538. The zero-order valence-electron chi connectivity index (χ0n) is 10.9. The van der Waals surface area contributed by atoms with Crippen LogP contribution in [0, 0.1) is 0 Å². The van der Waals surface area contributed by atoms with Crippen LogP contribution in [0.1, 0.15) is 23.2 Å². The highest BCUT2D eigenvalue weighted by molar-refractivity contribution is 5.98. The van der Waals surface area contributed by atoms with Gasteiger partial charge >= 0.3 is 0 Å². The summed E-state index contributed by atoms with van der Waals surface area (Å²) < 4.78 is 0. The number of aromatic nitrogens is 1. The largest absolute Gasteiger partial charge is 0.372 e. The molecule has 2 heterocycles. The third kappa shape index (κ3) is 2.98. The van der Waals surface area contributed by atoms with Crippen molar-refractivity contribution in [3.8, 4) is 0 Å². The van der Waals surface area contributed by atoms with Crippen molar-refractivity contribution in [2.24, 2.45) is 0 Å². The van der Waals surface area contributed by atoms with Crippen LogP contribution in [0.25, 0.3) is 0 Å². The number of piperidine rings is 1. The molecule has 2 rings (SSSR count). The van der Waals surface area contributed by atoms with Gasteiger partial charge in [0.1, 0.15) is 5.82 Å². The van der Waals surface area contributed by atoms with Crippen molar-refractivity contribution in [2.75, 3.05) is 32.5 Å². The highest BCUT2D eigenvalue weighted by atomic mass is 16.1. The molecule has 0 radical (unpaired) electrons. The minimum atomic E-state index is -0.0484. The maximum absolute atomic E-state index is 12.2. The van der Waals surface area contributed by atoms with E-state index < -0.39 is 0 Å². The fourth-order valence-corrected chi connectivity index (χ4v) is 2.34. The van der Waals surface area contributed by atoms with Gasteiger partial charge in [-0.2, -0.15) is 0 Å². The lowest BCUT2D eigenvalue weighted by Gasteiger charge is -2.30. The third-order valence-corrected chi connectivity index (χ3v) is 3.25. The van der Waals surface area contributed by atoms with Gasteiger partial charge in [-0.05, 0) is 38.6 Å². The first-order chi connectivity index (χ1) is 8.70. The molecule has 18 heavy (non-hydrogen) atoms. The van der Waals surface area contributed by atoms with E-state index in [1.165, 1.54) is 0 Å². The van der Waals surface area contributed by atoms with Gasteiger partial charge in [0.05, 0.1) is 5.56 Å². The van der Waals surface area contributed by atoms with Crippen LogP contribution >= 0.6 is 0 Å². The van der Waals surface area contributed by atoms with Gasteiger partial charge in [0.2, 0.25) is 0 Å². The number of nitrogens with one attached hydrogen (secondary N) is 2. The molecular weight excluding hydrogens is 228 g/mol. The lowest BCUT2D eigenvalue weighted by atomic mass is 10.1. The summed E-state index contributed by atoms with van der Waals surface area (Å²) in [5, 5.41) is 6.02. The summed E-state index contributed by atoms with van der Waals surface area (Å²) in [5.41, 5.74) is 0.605. The number of pyridine rings is 1. The van der Waals surface area contributed by atoms with Gasteiger partial charge in [-0.1, -0.05) is 0 Å². The van der Waals surface area contributed by atoms with Crippen LogP contribution in [0.5, 0.6) is 0 Å². The smallest absolute Gasteiger partial charge is 0.255 e. The minimum absolute atomic E-state index is 0.0484. The van der Waals surface area contributed by atoms with E-state index >= 15 is 0 Å². The van der Waals surface area contributed by atoms with Crippen molar-refractivity contribution in [1.82, 2.24) is 15.2 Å². The molecule has 1 aliphatic rings. The molecular formula is C13H20N4O. The lowest BCUT2D eigenvalue weighted by Crippen LogP contribution is -2.46. The Morgan fingerprint density at radius 2 is 2.39 bits per heavy atom. The molecule has 1 atom stereocenters. The standard InChI is InChI=1S/C13H20N4O/c1-14-12-11(6-3-7-15-12)13(18)16-10-5-4-8-17(2)9-10/h3,6-7,10H,4-5,8-9H2,1-2H3,(H,14,15)(H,16,18). The fourth-order valence-electron chi connectivity index (χ4n) is 2.34.